The molecular weight excluding hydrogens is 147 g/mol. The van der Waals surface area contributed by atoms with Crippen molar-refractivity contribution >= 4 is 23.0 Å². The molecule has 0 amide bonds. The quantitative estimate of drug-likeness (QED) is 0.601. The van der Waals surface area contributed by atoms with E-state index in [-0.39, 0.29) is 6.61 Å². The van der Waals surface area contributed by atoms with Crippen molar-refractivity contribution in [3.63, 3.8) is 0 Å². The van der Waals surface area contributed by atoms with Gasteiger partial charge in [-0.05, 0) is 11.7 Å². The summed E-state index contributed by atoms with van der Waals surface area (Å²) in [6, 6.07) is 3.76. The summed E-state index contributed by atoms with van der Waals surface area (Å²) in [6.45, 7) is -0.441. The summed E-state index contributed by atoms with van der Waals surface area (Å²) in [5, 5.41) is 19.7. The molecule has 4 heteroatoms. The maximum absolute atomic E-state index is 9.26. The lowest BCUT2D eigenvalue weighted by atomic mass is 9.64. The van der Waals surface area contributed by atoms with Gasteiger partial charge in [0.1, 0.15) is 0 Å². The van der Waals surface area contributed by atoms with Crippen LogP contribution in [0.3, 0.4) is 0 Å². The van der Waals surface area contributed by atoms with Crippen LogP contribution in [0.15, 0.2) is 17.5 Å². The molecule has 1 aromatic rings. The van der Waals surface area contributed by atoms with Crippen molar-refractivity contribution in [2.24, 2.45) is 0 Å². The second-order valence-electron chi connectivity index (χ2n) is 2.04. The number of aliphatic hydroxyl groups excluding tert-OH is 1. The van der Waals surface area contributed by atoms with Crippen LogP contribution in [-0.4, -0.2) is 23.7 Å². The Hall–Kier alpha value is -0.315. The third kappa shape index (κ3) is 1.83. The van der Waals surface area contributed by atoms with Crippen LogP contribution in [-0.2, 0) is 0 Å². The van der Waals surface area contributed by atoms with E-state index in [1.807, 2.05) is 17.5 Å². The van der Waals surface area contributed by atoms with Crippen LogP contribution in [0.1, 0.15) is 0 Å². The molecule has 0 fully saturated rings. The molecule has 2 nitrogen and oxygen atoms in total. The molecule has 0 atom stereocenters. The van der Waals surface area contributed by atoms with Crippen LogP contribution in [0, 0.1) is 0 Å². The van der Waals surface area contributed by atoms with E-state index < -0.39 is 6.92 Å². The number of hydrogen-bond acceptors (Lipinski definition) is 3. The Labute approximate surface area is 64.2 Å². The van der Waals surface area contributed by atoms with Gasteiger partial charge in [0.15, 0.2) is 0 Å². The lowest BCUT2D eigenvalue weighted by molar-refractivity contribution is 0.313. The smallest absolute Gasteiger partial charge is 0.336 e. The third-order valence-corrected chi connectivity index (χ3v) is 2.25. The van der Waals surface area contributed by atoms with Crippen molar-refractivity contribution in [1.82, 2.24) is 0 Å². The van der Waals surface area contributed by atoms with E-state index in [1.54, 1.807) is 0 Å². The average molecular weight is 156 g/mol. The molecule has 0 saturated heterocycles. The normalized spacial score (nSPS) is 9.80. The number of rotatable bonds is 3. The maximum atomic E-state index is 9.26. The number of aliphatic hydroxyl groups is 1. The molecule has 54 valence electrons. The Morgan fingerprint density at radius 1 is 1.60 bits per heavy atom. The van der Waals surface area contributed by atoms with Gasteiger partial charge in [0, 0.05) is 11.4 Å². The zero-order valence-corrected chi connectivity index (χ0v) is 6.34. The topological polar surface area (TPSA) is 40.5 Å². The lowest BCUT2D eigenvalue weighted by Gasteiger charge is -1.98. The van der Waals surface area contributed by atoms with Gasteiger partial charge in [-0.1, -0.05) is 12.1 Å². The Balaban J connectivity index is 2.50. The first-order valence-corrected chi connectivity index (χ1v) is 4.05. The van der Waals surface area contributed by atoms with E-state index in [4.69, 9.17) is 5.11 Å². The average Bonchev–Trinajstić information content (AvgIpc) is 2.38. The molecular formula is C6H9BO2S. The van der Waals surface area contributed by atoms with E-state index in [0.29, 0.717) is 6.32 Å². The molecule has 0 aliphatic rings. The first-order chi connectivity index (χ1) is 4.84. The molecule has 2 N–H and O–H groups in total. The minimum atomic E-state index is -0.481. The summed E-state index contributed by atoms with van der Waals surface area (Å²) in [6.07, 6.45) is 0.431. The highest BCUT2D eigenvalue weighted by molar-refractivity contribution is 7.21. The lowest BCUT2D eigenvalue weighted by Crippen LogP contribution is -2.27. The molecule has 1 heterocycles. The molecule has 0 unspecified atom stereocenters. The first-order valence-electron chi connectivity index (χ1n) is 3.17. The summed E-state index contributed by atoms with van der Waals surface area (Å²) < 4.78 is 0.925. The minimum absolute atomic E-state index is 0.0407. The van der Waals surface area contributed by atoms with Crippen LogP contribution in [0.5, 0.6) is 0 Å². The molecule has 0 saturated carbocycles. The predicted octanol–water partition coefficient (Wildman–Crippen LogP) is -0.0688. The molecule has 10 heavy (non-hydrogen) atoms. The zero-order valence-electron chi connectivity index (χ0n) is 5.53. The summed E-state index contributed by atoms with van der Waals surface area (Å²) in [5.41, 5.74) is 0. The van der Waals surface area contributed by atoms with Crippen molar-refractivity contribution in [3.8, 4) is 0 Å². The molecule has 0 aromatic carbocycles. The molecule has 0 aliphatic carbocycles. The number of hydrogen-bond donors (Lipinski definition) is 2. The van der Waals surface area contributed by atoms with E-state index in [9.17, 15) is 5.02 Å². The molecule has 1 aromatic heterocycles. The van der Waals surface area contributed by atoms with Crippen LogP contribution in [0.4, 0.5) is 0 Å². The number of thiophene rings is 1. The molecule has 0 radical (unpaired) electrons. The Morgan fingerprint density at radius 2 is 2.40 bits per heavy atom. The van der Waals surface area contributed by atoms with Crippen LogP contribution in [0.25, 0.3) is 0 Å². The summed E-state index contributed by atoms with van der Waals surface area (Å²) in [5.74, 6) is 0. The highest BCUT2D eigenvalue weighted by atomic mass is 32.1. The van der Waals surface area contributed by atoms with E-state index in [2.05, 4.69) is 0 Å². The van der Waals surface area contributed by atoms with Gasteiger partial charge in [-0.15, -0.1) is 0 Å². The van der Waals surface area contributed by atoms with Crippen LogP contribution >= 0.6 is 11.3 Å². The SMILES string of the molecule is OCCB(O)c1cccs1. The minimum Gasteiger partial charge on any atom is -0.446 e. The van der Waals surface area contributed by atoms with E-state index >= 15 is 0 Å². The predicted molar refractivity (Wildman–Crippen MR) is 43.8 cm³/mol. The molecule has 0 spiro atoms. The molecule has 0 aliphatic heterocycles. The van der Waals surface area contributed by atoms with Gasteiger partial charge in [-0.25, -0.2) is 0 Å². The van der Waals surface area contributed by atoms with Gasteiger partial charge in [-0.2, -0.15) is 11.3 Å². The van der Waals surface area contributed by atoms with E-state index in [0.717, 1.165) is 4.78 Å². The van der Waals surface area contributed by atoms with E-state index in [1.165, 1.54) is 11.3 Å². The van der Waals surface area contributed by atoms with Gasteiger partial charge in [0.05, 0.1) is 0 Å². The van der Waals surface area contributed by atoms with Crippen molar-refractivity contribution in [2.75, 3.05) is 6.61 Å². The van der Waals surface area contributed by atoms with Crippen molar-refractivity contribution < 1.29 is 10.1 Å². The maximum Gasteiger partial charge on any atom is 0.336 e. The van der Waals surface area contributed by atoms with Crippen molar-refractivity contribution in [2.45, 2.75) is 6.32 Å². The largest absolute Gasteiger partial charge is 0.446 e. The molecule has 1 rings (SSSR count). The first kappa shape index (κ1) is 7.79. The fraction of sp³-hybridized carbons (Fsp3) is 0.333. The van der Waals surface area contributed by atoms with Gasteiger partial charge < -0.3 is 10.1 Å². The van der Waals surface area contributed by atoms with Gasteiger partial charge in [0.25, 0.3) is 0 Å². The second-order valence-corrected chi connectivity index (χ2v) is 3.02. The standard InChI is InChI=1S/C6H9BO2S/c8-4-3-7(9)6-2-1-5-10-6/h1-2,5,8-9H,3-4H2. The van der Waals surface area contributed by atoms with Gasteiger partial charge in [0.2, 0.25) is 0 Å². The van der Waals surface area contributed by atoms with Crippen LogP contribution in [0.2, 0.25) is 6.32 Å². The Bertz CT molecular complexity index is 176. The second kappa shape index (κ2) is 3.76. The Kier molecular flexibility index (Phi) is 2.93. The highest BCUT2D eigenvalue weighted by Gasteiger charge is 2.12. The van der Waals surface area contributed by atoms with Gasteiger partial charge in [-0.3, -0.25) is 0 Å². The summed E-state index contributed by atoms with van der Waals surface area (Å²) in [4.78, 5) is 0. The summed E-state index contributed by atoms with van der Waals surface area (Å²) >= 11 is 1.51. The fourth-order valence-corrected chi connectivity index (χ4v) is 1.49. The van der Waals surface area contributed by atoms with Gasteiger partial charge >= 0.3 is 6.92 Å². The molecule has 0 bridgehead atoms. The van der Waals surface area contributed by atoms with Crippen molar-refractivity contribution in [1.29, 1.82) is 0 Å². The van der Waals surface area contributed by atoms with Crippen LogP contribution < -0.4 is 4.78 Å². The third-order valence-electron chi connectivity index (χ3n) is 1.27. The fourth-order valence-electron chi connectivity index (χ4n) is 0.745. The monoisotopic (exact) mass is 156 g/mol. The highest BCUT2D eigenvalue weighted by Crippen LogP contribution is 1.97. The zero-order chi connectivity index (χ0) is 7.40. The van der Waals surface area contributed by atoms with Crippen molar-refractivity contribution in [3.05, 3.63) is 17.5 Å². The summed E-state index contributed by atoms with van der Waals surface area (Å²) in [7, 11) is 0. The Morgan fingerprint density at radius 3 is 2.90 bits per heavy atom.